The number of nitrogen functional groups attached to an aromatic ring is 1. The molecule has 2 aromatic rings. The molecule has 4 nitrogen and oxygen atoms in total. The van der Waals surface area contributed by atoms with Crippen LogP contribution in [0.25, 0.3) is 5.69 Å². The van der Waals surface area contributed by atoms with Crippen LogP contribution in [0.3, 0.4) is 0 Å². The molecule has 0 spiro atoms. The fraction of sp³-hybridized carbons (Fsp3) is 0.182. The van der Waals surface area contributed by atoms with Gasteiger partial charge in [-0.1, -0.05) is 0 Å². The highest BCUT2D eigenvalue weighted by atomic mass is 19.4. The molecule has 7 heteroatoms. The molecule has 96 valence electrons. The first-order valence-electron chi connectivity index (χ1n) is 5.02. The minimum atomic E-state index is -4.59. The Bertz CT molecular complexity index is 572. The number of alkyl halides is 3. The van der Waals surface area contributed by atoms with Gasteiger partial charge < -0.3 is 10.8 Å². The van der Waals surface area contributed by atoms with Crippen molar-refractivity contribution in [2.24, 2.45) is 0 Å². The molecule has 0 aliphatic rings. The first kappa shape index (κ1) is 12.3. The van der Waals surface area contributed by atoms with E-state index in [9.17, 15) is 13.2 Å². The van der Waals surface area contributed by atoms with E-state index in [4.69, 9.17) is 10.8 Å². The quantitative estimate of drug-likeness (QED) is 0.824. The number of nitrogens with zero attached hydrogens (tertiary/aromatic N) is 2. The number of hydrogen-bond acceptors (Lipinski definition) is 3. The first-order chi connectivity index (χ1) is 8.30. The van der Waals surface area contributed by atoms with Crippen molar-refractivity contribution < 1.29 is 18.3 Å². The third-order valence-electron chi connectivity index (χ3n) is 2.47. The molecule has 18 heavy (non-hydrogen) atoms. The number of hydrogen-bond donors (Lipinski definition) is 2. The summed E-state index contributed by atoms with van der Waals surface area (Å²) in [5.41, 5.74) is 4.29. The molecule has 1 aromatic carbocycles. The van der Waals surface area contributed by atoms with E-state index in [0.717, 1.165) is 4.68 Å². The highest BCUT2D eigenvalue weighted by Crippen LogP contribution is 2.36. The van der Waals surface area contributed by atoms with Crippen molar-refractivity contribution in [2.75, 3.05) is 5.73 Å². The van der Waals surface area contributed by atoms with E-state index in [1.807, 2.05) is 0 Å². The maximum Gasteiger partial charge on any atom is 0.435 e. The highest BCUT2D eigenvalue weighted by Gasteiger charge is 2.39. The van der Waals surface area contributed by atoms with Gasteiger partial charge in [-0.25, -0.2) is 4.68 Å². The third-order valence-corrected chi connectivity index (χ3v) is 2.47. The molecule has 0 aliphatic carbocycles. The first-order valence-corrected chi connectivity index (χ1v) is 5.02. The molecule has 0 atom stereocenters. The van der Waals surface area contributed by atoms with Gasteiger partial charge in [-0.2, -0.15) is 18.3 Å². The number of phenols is 1. The number of anilines is 1. The molecule has 1 heterocycles. The van der Waals surface area contributed by atoms with Crippen LogP contribution in [0, 0.1) is 6.92 Å². The molecule has 0 amide bonds. The standard InChI is InChI=1S/C11H10F3N3O/c1-6-9(15)10(11(12,13)14)17(16-6)7-2-4-8(18)5-3-7/h2-5,18H,15H2,1H3. The van der Waals surface area contributed by atoms with Crippen LogP contribution < -0.4 is 5.73 Å². The second kappa shape index (κ2) is 3.94. The molecular weight excluding hydrogens is 247 g/mol. The van der Waals surface area contributed by atoms with Crippen LogP contribution in [0.5, 0.6) is 5.75 Å². The van der Waals surface area contributed by atoms with Gasteiger partial charge in [0, 0.05) is 0 Å². The van der Waals surface area contributed by atoms with Crippen LogP contribution in [-0.2, 0) is 6.18 Å². The zero-order valence-corrected chi connectivity index (χ0v) is 9.36. The van der Waals surface area contributed by atoms with Crippen LogP contribution in [0.4, 0.5) is 18.9 Å². The fourth-order valence-corrected chi connectivity index (χ4v) is 1.59. The SMILES string of the molecule is Cc1nn(-c2ccc(O)cc2)c(C(F)(F)F)c1N. The van der Waals surface area contributed by atoms with E-state index in [-0.39, 0.29) is 17.1 Å². The molecule has 0 bridgehead atoms. The molecule has 3 N–H and O–H groups in total. The Morgan fingerprint density at radius 2 is 1.78 bits per heavy atom. The summed E-state index contributed by atoms with van der Waals surface area (Å²) >= 11 is 0. The van der Waals surface area contributed by atoms with Gasteiger partial charge in [-0.05, 0) is 31.2 Å². The molecule has 0 saturated heterocycles. The van der Waals surface area contributed by atoms with Gasteiger partial charge in [0.2, 0.25) is 0 Å². The van der Waals surface area contributed by atoms with Crippen LogP contribution in [0.2, 0.25) is 0 Å². The molecular formula is C11H10F3N3O. The zero-order chi connectivity index (χ0) is 13.5. The Hall–Kier alpha value is -2.18. The topological polar surface area (TPSA) is 64.1 Å². The monoisotopic (exact) mass is 257 g/mol. The summed E-state index contributed by atoms with van der Waals surface area (Å²) in [4.78, 5) is 0. The van der Waals surface area contributed by atoms with Gasteiger partial charge in [-0.15, -0.1) is 0 Å². The van der Waals surface area contributed by atoms with E-state index >= 15 is 0 Å². The van der Waals surface area contributed by atoms with Crippen LogP contribution in [0.15, 0.2) is 24.3 Å². The highest BCUT2D eigenvalue weighted by molar-refractivity contribution is 5.53. The summed E-state index contributed by atoms with van der Waals surface area (Å²) < 4.78 is 39.4. The summed E-state index contributed by atoms with van der Waals surface area (Å²) in [5, 5.41) is 12.9. The number of nitrogens with two attached hydrogens (primary N) is 1. The van der Waals surface area contributed by atoms with E-state index in [1.54, 1.807) is 0 Å². The molecule has 0 aliphatic heterocycles. The molecule has 0 fully saturated rings. The number of phenolic OH excluding ortho intramolecular Hbond substituents is 1. The smallest absolute Gasteiger partial charge is 0.435 e. The number of halogens is 3. The van der Waals surface area contributed by atoms with Crippen LogP contribution in [0.1, 0.15) is 11.4 Å². The van der Waals surface area contributed by atoms with E-state index in [2.05, 4.69) is 5.10 Å². The normalized spacial score (nSPS) is 11.8. The lowest BCUT2D eigenvalue weighted by atomic mass is 10.2. The van der Waals surface area contributed by atoms with Crippen molar-refractivity contribution in [2.45, 2.75) is 13.1 Å². The molecule has 0 unspecified atom stereocenters. The van der Waals surface area contributed by atoms with E-state index in [1.165, 1.54) is 31.2 Å². The maximum atomic E-state index is 12.9. The number of benzene rings is 1. The van der Waals surface area contributed by atoms with Crippen molar-refractivity contribution in [3.63, 3.8) is 0 Å². The lowest BCUT2D eigenvalue weighted by Gasteiger charge is -2.11. The lowest BCUT2D eigenvalue weighted by Crippen LogP contribution is -2.15. The predicted octanol–water partition coefficient (Wildman–Crippen LogP) is 2.49. The van der Waals surface area contributed by atoms with Crippen molar-refractivity contribution in [3.05, 3.63) is 35.7 Å². The number of aryl methyl sites for hydroxylation is 1. The van der Waals surface area contributed by atoms with Crippen molar-refractivity contribution in [3.8, 4) is 11.4 Å². The van der Waals surface area contributed by atoms with Gasteiger partial charge in [0.25, 0.3) is 0 Å². The van der Waals surface area contributed by atoms with E-state index < -0.39 is 17.6 Å². The average Bonchev–Trinajstić information content (AvgIpc) is 2.56. The van der Waals surface area contributed by atoms with Gasteiger partial charge in [0.1, 0.15) is 5.75 Å². The Balaban J connectivity index is 2.65. The molecule has 0 saturated carbocycles. The summed E-state index contributed by atoms with van der Waals surface area (Å²) in [7, 11) is 0. The van der Waals surface area contributed by atoms with Gasteiger partial charge in [-0.3, -0.25) is 0 Å². The van der Waals surface area contributed by atoms with Gasteiger partial charge in [0.15, 0.2) is 5.69 Å². The Labute approximate surface area is 100 Å². The second-order valence-corrected chi connectivity index (χ2v) is 3.77. The lowest BCUT2D eigenvalue weighted by molar-refractivity contribution is -0.142. The van der Waals surface area contributed by atoms with Crippen molar-refractivity contribution in [1.82, 2.24) is 9.78 Å². The van der Waals surface area contributed by atoms with Gasteiger partial charge >= 0.3 is 6.18 Å². The maximum absolute atomic E-state index is 12.9. The number of rotatable bonds is 1. The minimum Gasteiger partial charge on any atom is -0.508 e. The summed E-state index contributed by atoms with van der Waals surface area (Å²) in [5.74, 6) is -0.0378. The summed E-state index contributed by atoms with van der Waals surface area (Å²) in [6.45, 7) is 1.40. The van der Waals surface area contributed by atoms with Crippen molar-refractivity contribution >= 4 is 5.69 Å². The Morgan fingerprint density at radius 3 is 2.28 bits per heavy atom. The summed E-state index contributed by atoms with van der Waals surface area (Å²) in [6.07, 6.45) is -4.59. The van der Waals surface area contributed by atoms with Crippen LogP contribution >= 0.6 is 0 Å². The van der Waals surface area contributed by atoms with Crippen LogP contribution in [-0.4, -0.2) is 14.9 Å². The molecule has 1 aromatic heterocycles. The third kappa shape index (κ3) is 1.99. The fourth-order valence-electron chi connectivity index (χ4n) is 1.59. The van der Waals surface area contributed by atoms with Gasteiger partial charge in [0.05, 0.1) is 17.1 Å². The molecule has 2 rings (SSSR count). The largest absolute Gasteiger partial charge is 0.508 e. The van der Waals surface area contributed by atoms with Crippen molar-refractivity contribution in [1.29, 1.82) is 0 Å². The second-order valence-electron chi connectivity index (χ2n) is 3.77. The Morgan fingerprint density at radius 1 is 1.22 bits per heavy atom. The minimum absolute atomic E-state index is 0.0378. The average molecular weight is 257 g/mol. The zero-order valence-electron chi connectivity index (χ0n) is 9.36. The predicted molar refractivity (Wildman–Crippen MR) is 59.4 cm³/mol. The number of aromatic hydroxyl groups is 1. The summed E-state index contributed by atoms with van der Waals surface area (Å²) in [6, 6.07) is 5.22. The molecule has 0 radical (unpaired) electrons. The number of aromatic nitrogens is 2. The Kier molecular flexibility index (Phi) is 2.68. The van der Waals surface area contributed by atoms with E-state index in [0.29, 0.717) is 0 Å².